The van der Waals surface area contributed by atoms with E-state index in [1.54, 1.807) is 20.1 Å². The number of aromatic nitrogens is 1. The molecule has 122 valence electrons. The number of hydrogen-bond acceptors (Lipinski definition) is 5. The first-order chi connectivity index (χ1) is 11.2. The molecule has 0 bridgehead atoms. The first-order valence-corrected chi connectivity index (χ1v) is 8.16. The Balaban J connectivity index is 2.02. The number of methoxy groups -OCH3 is 1. The number of anilines is 1. The second kappa shape index (κ2) is 8.45. The van der Waals surface area contributed by atoms with Gasteiger partial charge >= 0.3 is 0 Å². The van der Waals surface area contributed by atoms with Gasteiger partial charge in [-0.1, -0.05) is 18.2 Å². The Kier molecular flexibility index (Phi) is 6.31. The summed E-state index contributed by atoms with van der Waals surface area (Å²) in [5.74, 6) is 0.534. The lowest BCUT2D eigenvalue weighted by Crippen LogP contribution is -2.27. The van der Waals surface area contributed by atoms with Gasteiger partial charge in [0, 0.05) is 10.9 Å². The second-order valence-corrected chi connectivity index (χ2v) is 5.68. The number of carbonyl (C=O) groups excluding carboxylic acids is 1. The summed E-state index contributed by atoms with van der Waals surface area (Å²) in [6.45, 7) is 5.81. The first-order valence-electron chi connectivity index (χ1n) is 7.28. The van der Waals surface area contributed by atoms with E-state index in [0.29, 0.717) is 18.2 Å². The highest BCUT2D eigenvalue weighted by Gasteiger charge is 2.16. The second-order valence-electron chi connectivity index (χ2n) is 4.82. The van der Waals surface area contributed by atoms with Crippen molar-refractivity contribution in [1.82, 2.24) is 4.98 Å². The van der Waals surface area contributed by atoms with E-state index in [-0.39, 0.29) is 5.91 Å². The van der Waals surface area contributed by atoms with Crippen LogP contribution in [0, 0.1) is 0 Å². The maximum Gasteiger partial charge on any atom is 0.254 e. The normalized spacial score (nSPS) is 11.7. The summed E-state index contributed by atoms with van der Waals surface area (Å²) in [6, 6.07) is 7.63. The molecular formula is C17H20N2O3S. The summed E-state index contributed by atoms with van der Waals surface area (Å²) in [4.78, 5) is 16.5. The van der Waals surface area contributed by atoms with Crippen LogP contribution in [-0.4, -0.2) is 30.7 Å². The van der Waals surface area contributed by atoms with E-state index in [0.717, 1.165) is 17.0 Å². The van der Waals surface area contributed by atoms with Crippen molar-refractivity contribution in [3.05, 3.63) is 42.3 Å². The predicted molar refractivity (Wildman–Crippen MR) is 93.0 cm³/mol. The molecule has 2 aromatic rings. The van der Waals surface area contributed by atoms with Crippen LogP contribution in [0.5, 0.6) is 5.75 Å². The average Bonchev–Trinajstić information content (AvgIpc) is 3.03. The van der Waals surface area contributed by atoms with Gasteiger partial charge in [0.15, 0.2) is 5.13 Å². The molecule has 2 rings (SSSR count). The molecule has 1 amide bonds. The van der Waals surface area contributed by atoms with Gasteiger partial charge in [-0.25, -0.2) is 4.98 Å². The van der Waals surface area contributed by atoms with E-state index in [4.69, 9.17) is 9.47 Å². The van der Waals surface area contributed by atoms with Crippen LogP contribution in [0.15, 0.2) is 42.3 Å². The third-order valence-electron chi connectivity index (χ3n) is 3.18. The van der Waals surface area contributed by atoms with Gasteiger partial charge in [-0.05, 0) is 25.5 Å². The summed E-state index contributed by atoms with van der Waals surface area (Å²) in [5.41, 5.74) is 1.66. The monoisotopic (exact) mass is 332 g/mol. The molecule has 1 atom stereocenters. The van der Waals surface area contributed by atoms with Crippen molar-refractivity contribution in [2.24, 2.45) is 0 Å². The summed E-state index contributed by atoms with van der Waals surface area (Å²) >= 11 is 1.37. The predicted octanol–water partition coefficient (Wildman–Crippen LogP) is 3.74. The van der Waals surface area contributed by atoms with E-state index >= 15 is 0 Å². The van der Waals surface area contributed by atoms with E-state index < -0.39 is 6.10 Å². The highest BCUT2D eigenvalue weighted by molar-refractivity contribution is 7.14. The van der Waals surface area contributed by atoms with Gasteiger partial charge in [0.25, 0.3) is 5.91 Å². The number of nitrogens with one attached hydrogen (secondary N) is 1. The minimum absolute atomic E-state index is 0.213. The molecule has 0 saturated heterocycles. The lowest BCUT2D eigenvalue weighted by Gasteiger charge is -2.11. The van der Waals surface area contributed by atoms with Gasteiger partial charge in [-0.3, -0.25) is 10.1 Å². The number of nitrogens with zero attached hydrogens (tertiary/aromatic N) is 1. The van der Waals surface area contributed by atoms with Gasteiger partial charge in [0.2, 0.25) is 0 Å². The maximum atomic E-state index is 12.1. The fourth-order valence-corrected chi connectivity index (χ4v) is 2.64. The SMILES string of the molecule is C=CCCOC(C)C(=O)Nc1nc(-c2ccccc2OC)cs1. The molecule has 0 spiro atoms. The zero-order chi connectivity index (χ0) is 16.7. The Labute approximate surface area is 140 Å². The quantitative estimate of drug-likeness (QED) is 0.591. The molecule has 0 aliphatic carbocycles. The number of carbonyl (C=O) groups is 1. The summed E-state index contributed by atoms with van der Waals surface area (Å²) in [5, 5.41) is 5.20. The van der Waals surface area contributed by atoms with E-state index in [2.05, 4.69) is 16.9 Å². The average molecular weight is 332 g/mol. The zero-order valence-electron chi connectivity index (χ0n) is 13.2. The number of rotatable bonds is 8. The third kappa shape index (κ3) is 4.64. The fourth-order valence-electron chi connectivity index (χ4n) is 1.92. The summed E-state index contributed by atoms with van der Waals surface area (Å²) in [6.07, 6.45) is 1.94. The first kappa shape index (κ1) is 17.2. The van der Waals surface area contributed by atoms with Crippen molar-refractivity contribution in [2.45, 2.75) is 19.4 Å². The molecule has 0 saturated carbocycles. The van der Waals surface area contributed by atoms with Crippen LogP contribution in [0.2, 0.25) is 0 Å². The van der Waals surface area contributed by atoms with Crippen LogP contribution in [0.25, 0.3) is 11.3 Å². The van der Waals surface area contributed by atoms with E-state index in [1.165, 1.54) is 11.3 Å². The van der Waals surface area contributed by atoms with Gasteiger partial charge in [-0.15, -0.1) is 17.9 Å². The van der Waals surface area contributed by atoms with Crippen LogP contribution in [0.4, 0.5) is 5.13 Å². The fraction of sp³-hybridized carbons (Fsp3) is 0.294. The number of ether oxygens (including phenoxy) is 2. The molecule has 1 heterocycles. The molecule has 23 heavy (non-hydrogen) atoms. The third-order valence-corrected chi connectivity index (χ3v) is 3.93. The Morgan fingerprint density at radius 2 is 2.26 bits per heavy atom. The maximum absolute atomic E-state index is 12.1. The van der Waals surface area contributed by atoms with E-state index in [1.807, 2.05) is 29.6 Å². The zero-order valence-corrected chi connectivity index (χ0v) is 14.1. The van der Waals surface area contributed by atoms with Crippen molar-refractivity contribution in [3.8, 4) is 17.0 Å². The molecule has 1 aromatic heterocycles. The molecule has 1 aromatic carbocycles. The Bertz CT molecular complexity index is 669. The molecular weight excluding hydrogens is 312 g/mol. The number of benzene rings is 1. The van der Waals surface area contributed by atoms with Crippen LogP contribution in [-0.2, 0) is 9.53 Å². The van der Waals surface area contributed by atoms with Crippen molar-refractivity contribution in [2.75, 3.05) is 19.0 Å². The molecule has 1 N–H and O–H groups in total. The number of hydrogen-bond donors (Lipinski definition) is 1. The van der Waals surface area contributed by atoms with Gasteiger partial charge < -0.3 is 9.47 Å². The molecule has 1 unspecified atom stereocenters. The van der Waals surface area contributed by atoms with Gasteiger partial charge in [0.05, 0.1) is 19.4 Å². The lowest BCUT2D eigenvalue weighted by atomic mass is 10.1. The molecule has 0 fully saturated rings. The number of para-hydroxylation sites is 1. The minimum Gasteiger partial charge on any atom is -0.496 e. The molecule has 0 aliphatic rings. The van der Waals surface area contributed by atoms with Crippen LogP contribution in [0.3, 0.4) is 0 Å². The number of amides is 1. The summed E-state index contributed by atoms with van der Waals surface area (Å²) in [7, 11) is 1.62. The highest BCUT2D eigenvalue weighted by atomic mass is 32.1. The Morgan fingerprint density at radius 3 is 3.00 bits per heavy atom. The molecule has 0 aliphatic heterocycles. The standard InChI is InChI=1S/C17H20N2O3S/c1-4-5-10-22-12(2)16(20)19-17-18-14(11-23-17)13-8-6-7-9-15(13)21-3/h4,6-9,11-12H,1,5,10H2,2-3H3,(H,18,19,20). The van der Waals surface area contributed by atoms with Crippen molar-refractivity contribution in [1.29, 1.82) is 0 Å². The minimum atomic E-state index is -0.534. The Hall–Kier alpha value is -2.18. The van der Waals surface area contributed by atoms with Crippen molar-refractivity contribution >= 4 is 22.4 Å². The van der Waals surface area contributed by atoms with Crippen molar-refractivity contribution < 1.29 is 14.3 Å². The van der Waals surface area contributed by atoms with Crippen LogP contribution in [0.1, 0.15) is 13.3 Å². The smallest absolute Gasteiger partial charge is 0.254 e. The van der Waals surface area contributed by atoms with Crippen LogP contribution < -0.4 is 10.1 Å². The van der Waals surface area contributed by atoms with Crippen molar-refractivity contribution in [3.63, 3.8) is 0 Å². The highest BCUT2D eigenvalue weighted by Crippen LogP contribution is 2.31. The summed E-state index contributed by atoms with van der Waals surface area (Å²) < 4.78 is 10.8. The largest absolute Gasteiger partial charge is 0.496 e. The molecule has 5 nitrogen and oxygen atoms in total. The number of thiazole rings is 1. The van der Waals surface area contributed by atoms with Gasteiger partial charge in [0.1, 0.15) is 11.9 Å². The van der Waals surface area contributed by atoms with E-state index in [9.17, 15) is 4.79 Å². The van der Waals surface area contributed by atoms with Crippen LogP contribution >= 0.6 is 11.3 Å². The molecule has 6 heteroatoms. The lowest BCUT2D eigenvalue weighted by molar-refractivity contribution is -0.126. The molecule has 0 radical (unpaired) electrons. The van der Waals surface area contributed by atoms with Gasteiger partial charge in [-0.2, -0.15) is 0 Å². The topological polar surface area (TPSA) is 60.5 Å². The Morgan fingerprint density at radius 1 is 1.48 bits per heavy atom.